The molecule has 0 saturated carbocycles. The van der Waals surface area contributed by atoms with Gasteiger partial charge in [-0.1, -0.05) is 121 Å². The number of nitrogens with zero attached hydrogens (tertiary/aromatic N) is 8. The van der Waals surface area contributed by atoms with Crippen molar-refractivity contribution in [3.8, 4) is 51.2 Å². The van der Waals surface area contributed by atoms with Crippen LogP contribution in [0.2, 0.25) is 0 Å². The first-order chi connectivity index (χ1) is 28.8. The standard InChI is InChI=1S/C50H30N8/c1-2-13-38-36(12-1)45-44(57-43-18-6-4-16-41(43)53-49(38)57)28-27-37-35-11-3-5-17-42(35)58(46(37)45)50-55-47(33-23-19-31(20-24-33)39-14-7-9-29-51-39)54-48(56-50)34-25-21-32(22-26-34)40-15-8-10-30-52-40/h1-30H. The lowest BCUT2D eigenvalue weighted by Gasteiger charge is -2.14. The highest BCUT2D eigenvalue weighted by Gasteiger charge is 2.23. The molecule has 58 heavy (non-hydrogen) atoms. The molecule has 0 radical (unpaired) electrons. The molecule has 270 valence electrons. The molecule has 6 heterocycles. The Morgan fingerprint density at radius 2 is 0.914 bits per heavy atom. The van der Waals surface area contributed by atoms with Gasteiger partial charge in [0.2, 0.25) is 5.95 Å². The third-order valence-corrected chi connectivity index (χ3v) is 11.1. The molecule has 0 spiro atoms. The van der Waals surface area contributed by atoms with Crippen LogP contribution >= 0.6 is 0 Å². The minimum absolute atomic E-state index is 0.529. The average molecular weight is 743 g/mol. The fourth-order valence-electron chi connectivity index (χ4n) is 8.42. The quantitative estimate of drug-likeness (QED) is 0.163. The fourth-order valence-corrected chi connectivity index (χ4v) is 8.42. The summed E-state index contributed by atoms with van der Waals surface area (Å²) in [4.78, 5) is 30.1. The van der Waals surface area contributed by atoms with Crippen LogP contribution in [0.15, 0.2) is 182 Å². The number of imidazole rings is 1. The number of fused-ring (bicyclic) bond motifs is 12. The SMILES string of the molecule is c1ccc(-c2ccc(-c3nc(-c4ccc(-c5ccccn5)cc4)nc(-n4c5ccccc5c5ccc6c(c7ccccc7c7nc8ccccc8n67)c54)n3)cc2)nc1. The van der Waals surface area contributed by atoms with Gasteiger partial charge in [-0.3, -0.25) is 18.9 Å². The molecule has 12 rings (SSSR count). The van der Waals surface area contributed by atoms with E-state index in [9.17, 15) is 0 Å². The van der Waals surface area contributed by atoms with Crippen molar-refractivity contribution in [2.24, 2.45) is 0 Å². The predicted molar refractivity (Wildman–Crippen MR) is 233 cm³/mol. The van der Waals surface area contributed by atoms with Gasteiger partial charge in [0.15, 0.2) is 11.6 Å². The summed E-state index contributed by atoms with van der Waals surface area (Å²) < 4.78 is 4.52. The van der Waals surface area contributed by atoms with E-state index in [0.717, 1.165) is 93.8 Å². The number of hydrogen-bond donors (Lipinski definition) is 0. The molecule has 0 atom stereocenters. The lowest BCUT2D eigenvalue weighted by atomic mass is 10.0. The molecule has 8 nitrogen and oxygen atoms in total. The van der Waals surface area contributed by atoms with Crippen LogP contribution in [0, 0.1) is 0 Å². The summed E-state index contributed by atoms with van der Waals surface area (Å²) >= 11 is 0. The second-order valence-electron chi connectivity index (χ2n) is 14.4. The highest BCUT2D eigenvalue weighted by atomic mass is 15.2. The molecule has 6 aromatic heterocycles. The summed E-state index contributed by atoms with van der Waals surface area (Å²) in [5, 5.41) is 5.51. The Morgan fingerprint density at radius 1 is 0.362 bits per heavy atom. The van der Waals surface area contributed by atoms with E-state index in [-0.39, 0.29) is 0 Å². The van der Waals surface area contributed by atoms with Gasteiger partial charge in [0.05, 0.1) is 39.0 Å². The smallest absolute Gasteiger partial charge is 0.238 e. The number of aromatic nitrogens is 8. The van der Waals surface area contributed by atoms with Gasteiger partial charge in [0.1, 0.15) is 5.65 Å². The van der Waals surface area contributed by atoms with Crippen LogP contribution in [0.4, 0.5) is 0 Å². The normalized spacial score (nSPS) is 11.8. The Morgan fingerprint density at radius 3 is 1.55 bits per heavy atom. The molecule has 0 bridgehead atoms. The van der Waals surface area contributed by atoms with Crippen molar-refractivity contribution in [3.63, 3.8) is 0 Å². The maximum Gasteiger partial charge on any atom is 0.238 e. The number of benzene rings is 6. The average Bonchev–Trinajstić information content (AvgIpc) is 3.86. The molecular weight excluding hydrogens is 713 g/mol. The summed E-state index contributed by atoms with van der Waals surface area (Å²) in [6, 6.07) is 58.3. The van der Waals surface area contributed by atoms with Crippen LogP contribution in [0.3, 0.4) is 0 Å². The van der Waals surface area contributed by atoms with E-state index in [2.05, 4.69) is 146 Å². The van der Waals surface area contributed by atoms with Crippen molar-refractivity contribution in [2.75, 3.05) is 0 Å². The van der Waals surface area contributed by atoms with E-state index in [1.165, 1.54) is 0 Å². The first-order valence-electron chi connectivity index (χ1n) is 19.2. The molecule has 0 aliphatic carbocycles. The second-order valence-corrected chi connectivity index (χ2v) is 14.4. The molecule has 0 saturated heterocycles. The Kier molecular flexibility index (Phi) is 7.06. The van der Waals surface area contributed by atoms with Crippen LogP contribution in [0.1, 0.15) is 0 Å². The molecule has 0 unspecified atom stereocenters. The Balaban J connectivity index is 1.16. The van der Waals surface area contributed by atoms with Crippen molar-refractivity contribution in [1.29, 1.82) is 0 Å². The Bertz CT molecular complexity index is 3440. The first kappa shape index (κ1) is 32.2. The summed E-state index contributed by atoms with van der Waals surface area (Å²) in [6.07, 6.45) is 3.62. The van der Waals surface area contributed by atoms with Crippen molar-refractivity contribution in [1.82, 2.24) is 38.9 Å². The summed E-state index contributed by atoms with van der Waals surface area (Å²) in [7, 11) is 0. The predicted octanol–water partition coefficient (Wildman–Crippen LogP) is 11.5. The van der Waals surface area contributed by atoms with Crippen molar-refractivity contribution >= 4 is 60.2 Å². The first-order valence-corrected chi connectivity index (χ1v) is 19.2. The molecule has 0 fully saturated rings. The Hall–Kier alpha value is -8.10. The van der Waals surface area contributed by atoms with Gasteiger partial charge in [-0.05, 0) is 53.9 Å². The molecule has 0 N–H and O–H groups in total. The zero-order chi connectivity index (χ0) is 38.2. The highest BCUT2D eigenvalue weighted by molar-refractivity contribution is 6.27. The van der Waals surface area contributed by atoms with E-state index < -0.39 is 0 Å². The third kappa shape index (κ3) is 4.95. The van der Waals surface area contributed by atoms with Crippen molar-refractivity contribution in [3.05, 3.63) is 182 Å². The van der Waals surface area contributed by atoms with Gasteiger partial charge in [0, 0.05) is 56.2 Å². The van der Waals surface area contributed by atoms with E-state index in [4.69, 9.17) is 19.9 Å². The van der Waals surface area contributed by atoms with Gasteiger partial charge >= 0.3 is 0 Å². The van der Waals surface area contributed by atoms with Crippen LogP contribution < -0.4 is 0 Å². The Labute approximate surface area is 331 Å². The van der Waals surface area contributed by atoms with Crippen LogP contribution in [-0.2, 0) is 0 Å². The van der Waals surface area contributed by atoms with Gasteiger partial charge in [-0.15, -0.1) is 0 Å². The third-order valence-electron chi connectivity index (χ3n) is 11.1. The summed E-state index contributed by atoms with van der Waals surface area (Å²) in [6.45, 7) is 0. The van der Waals surface area contributed by atoms with Gasteiger partial charge < -0.3 is 0 Å². The fraction of sp³-hybridized carbons (Fsp3) is 0. The topological polar surface area (TPSA) is 86.7 Å². The number of rotatable bonds is 5. The minimum atomic E-state index is 0.529. The zero-order valence-electron chi connectivity index (χ0n) is 30.9. The minimum Gasteiger partial charge on any atom is -0.292 e. The van der Waals surface area contributed by atoms with E-state index in [0.29, 0.717) is 17.6 Å². The van der Waals surface area contributed by atoms with E-state index >= 15 is 0 Å². The van der Waals surface area contributed by atoms with Gasteiger partial charge in [-0.2, -0.15) is 9.97 Å². The summed E-state index contributed by atoms with van der Waals surface area (Å²) in [5.41, 5.74) is 11.6. The maximum atomic E-state index is 5.32. The lowest BCUT2D eigenvalue weighted by molar-refractivity contribution is 0.955. The van der Waals surface area contributed by atoms with E-state index in [1.54, 1.807) is 0 Å². The lowest BCUT2D eigenvalue weighted by Crippen LogP contribution is -2.07. The van der Waals surface area contributed by atoms with Crippen LogP contribution in [-0.4, -0.2) is 38.9 Å². The van der Waals surface area contributed by atoms with Crippen LogP contribution in [0.25, 0.3) is 111 Å². The molecule has 12 aromatic rings. The van der Waals surface area contributed by atoms with Gasteiger partial charge in [0.25, 0.3) is 0 Å². The molecule has 0 amide bonds. The molecule has 0 aliphatic rings. The largest absolute Gasteiger partial charge is 0.292 e. The molecular formula is C50H30N8. The second kappa shape index (κ2) is 12.7. The number of hydrogen-bond acceptors (Lipinski definition) is 6. The molecule has 0 aliphatic heterocycles. The van der Waals surface area contributed by atoms with Crippen molar-refractivity contribution < 1.29 is 0 Å². The van der Waals surface area contributed by atoms with Gasteiger partial charge in [-0.25, -0.2) is 9.97 Å². The monoisotopic (exact) mass is 742 g/mol. The van der Waals surface area contributed by atoms with Crippen molar-refractivity contribution in [2.45, 2.75) is 0 Å². The molecule has 6 aromatic carbocycles. The van der Waals surface area contributed by atoms with E-state index in [1.807, 2.05) is 54.9 Å². The zero-order valence-corrected chi connectivity index (χ0v) is 30.9. The number of para-hydroxylation sites is 3. The summed E-state index contributed by atoms with van der Waals surface area (Å²) in [5.74, 6) is 1.67. The highest BCUT2D eigenvalue weighted by Crippen LogP contribution is 2.41. The number of pyridine rings is 3. The molecule has 8 heteroatoms. The van der Waals surface area contributed by atoms with Crippen LogP contribution in [0.5, 0.6) is 0 Å². The maximum absolute atomic E-state index is 5.32.